The number of carbonyl (C=O) groups is 5. The SMILES string of the molecule is COc1cccc(C(=O)Oc2ccc(C(=O)CN(C(=O)c3ccc(Cl)cc3)N3C(=O)[C@H]4C[C@@H](C)CC[C@H]4C3=O)cc2)c1. The molecular formula is C32H29ClN2O7. The second-order valence-electron chi connectivity index (χ2n) is 10.6. The van der Waals surface area contributed by atoms with Crippen LogP contribution in [-0.2, 0) is 9.59 Å². The van der Waals surface area contributed by atoms with Crippen LogP contribution < -0.4 is 9.47 Å². The molecule has 1 aliphatic heterocycles. The summed E-state index contributed by atoms with van der Waals surface area (Å²) in [6, 6.07) is 18.3. The fourth-order valence-electron chi connectivity index (χ4n) is 5.44. The van der Waals surface area contributed by atoms with Gasteiger partial charge in [-0.25, -0.2) is 9.80 Å². The molecule has 1 saturated carbocycles. The van der Waals surface area contributed by atoms with Crippen molar-refractivity contribution in [2.45, 2.75) is 26.2 Å². The first kappa shape index (κ1) is 29.0. The highest BCUT2D eigenvalue weighted by molar-refractivity contribution is 6.30. The zero-order valence-electron chi connectivity index (χ0n) is 23.1. The summed E-state index contributed by atoms with van der Waals surface area (Å²) in [5.74, 6) is -2.75. The minimum absolute atomic E-state index is 0.177. The summed E-state index contributed by atoms with van der Waals surface area (Å²) in [5.41, 5.74) is 0.673. The molecule has 9 nitrogen and oxygen atoms in total. The Hall–Kier alpha value is -4.50. The van der Waals surface area contributed by atoms with Crippen LogP contribution in [0.15, 0.2) is 72.8 Å². The minimum Gasteiger partial charge on any atom is -0.497 e. The van der Waals surface area contributed by atoms with Gasteiger partial charge >= 0.3 is 5.97 Å². The number of ketones is 1. The van der Waals surface area contributed by atoms with Crippen LogP contribution in [-0.4, -0.2) is 53.1 Å². The second-order valence-corrected chi connectivity index (χ2v) is 11.0. The molecule has 3 amide bonds. The lowest BCUT2D eigenvalue weighted by Gasteiger charge is -2.30. The molecular weight excluding hydrogens is 560 g/mol. The van der Waals surface area contributed by atoms with E-state index in [2.05, 4.69) is 0 Å². The first-order valence-corrected chi connectivity index (χ1v) is 14.0. The number of imide groups is 1. The highest BCUT2D eigenvalue weighted by atomic mass is 35.5. The molecule has 0 aromatic heterocycles. The number of hydrogen-bond acceptors (Lipinski definition) is 7. The van der Waals surface area contributed by atoms with E-state index in [0.29, 0.717) is 29.2 Å². The molecule has 10 heteroatoms. The zero-order valence-corrected chi connectivity index (χ0v) is 23.9. The lowest BCUT2D eigenvalue weighted by molar-refractivity contribution is -0.154. The number of methoxy groups -OCH3 is 1. The van der Waals surface area contributed by atoms with Crippen molar-refractivity contribution < 1.29 is 33.4 Å². The highest BCUT2D eigenvalue weighted by Crippen LogP contribution is 2.41. The van der Waals surface area contributed by atoms with Crippen molar-refractivity contribution in [3.8, 4) is 11.5 Å². The summed E-state index contributed by atoms with van der Waals surface area (Å²) < 4.78 is 10.6. The molecule has 1 heterocycles. The van der Waals surface area contributed by atoms with Crippen LogP contribution >= 0.6 is 11.6 Å². The molecule has 1 aliphatic carbocycles. The third-order valence-corrected chi connectivity index (χ3v) is 7.97. The Balaban J connectivity index is 1.36. The van der Waals surface area contributed by atoms with Gasteiger partial charge in [-0.05, 0) is 91.9 Å². The summed E-state index contributed by atoms with van der Waals surface area (Å²) in [6.45, 7) is 1.49. The largest absolute Gasteiger partial charge is 0.497 e. The van der Waals surface area contributed by atoms with Crippen molar-refractivity contribution in [1.82, 2.24) is 10.0 Å². The van der Waals surface area contributed by atoms with Gasteiger partial charge in [0.25, 0.3) is 17.7 Å². The van der Waals surface area contributed by atoms with Gasteiger partial charge in [-0.15, -0.1) is 0 Å². The van der Waals surface area contributed by atoms with Gasteiger partial charge < -0.3 is 9.47 Å². The summed E-state index contributed by atoms with van der Waals surface area (Å²) in [7, 11) is 1.49. The van der Waals surface area contributed by atoms with Crippen molar-refractivity contribution >= 4 is 41.1 Å². The fourth-order valence-corrected chi connectivity index (χ4v) is 5.56. The van der Waals surface area contributed by atoms with Gasteiger partial charge in [0, 0.05) is 16.1 Å². The monoisotopic (exact) mass is 588 g/mol. The molecule has 2 fully saturated rings. The fraction of sp³-hybridized carbons (Fsp3) is 0.281. The quantitative estimate of drug-likeness (QED) is 0.153. The number of fused-ring (bicyclic) bond motifs is 1. The Morgan fingerprint density at radius 3 is 2.21 bits per heavy atom. The number of Topliss-reactive ketones (excluding diaryl/α,β-unsaturated/α-hetero) is 1. The Bertz CT molecular complexity index is 1540. The number of benzene rings is 3. The molecule has 216 valence electrons. The first-order valence-electron chi connectivity index (χ1n) is 13.6. The van der Waals surface area contributed by atoms with Crippen LogP contribution in [0.1, 0.15) is 57.3 Å². The van der Waals surface area contributed by atoms with Crippen molar-refractivity contribution in [3.05, 3.63) is 94.5 Å². The maximum absolute atomic E-state index is 13.6. The van der Waals surface area contributed by atoms with Gasteiger partial charge in [0.05, 0.1) is 24.5 Å². The highest BCUT2D eigenvalue weighted by Gasteiger charge is 2.52. The number of amides is 3. The van der Waals surface area contributed by atoms with Crippen LogP contribution in [0.3, 0.4) is 0 Å². The molecule has 5 rings (SSSR count). The molecule has 3 aromatic rings. The van der Waals surface area contributed by atoms with E-state index < -0.39 is 47.9 Å². The van der Waals surface area contributed by atoms with Crippen molar-refractivity contribution in [2.75, 3.05) is 13.7 Å². The van der Waals surface area contributed by atoms with Crippen LogP contribution in [0, 0.1) is 17.8 Å². The van der Waals surface area contributed by atoms with Crippen molar-refractivity contribution in [1.29, 1.82) is 0 Å². The van der Waals surface area contributed by atoms with E-state index in [0.717, 1.165) is 16.4 Å². The molecule has 1 saturated heterocycles. The molecule has 2 aliphatic rings. The number of halogens is 1. The van der Waals surface area contributed by atoms with Crippen molar-refractivity contribution in [3.63, 3.8) is 0 Å². The molecule has 3 aromatic carbocycles. The van der Waals surface area contributed by atoms with E-state index in [9.17, 15) is 24.0 Å². The number of nitrogens with zero attached hydrogens (tertiary/aromatic N) is 2. The smallest absolute Gasteiger partial charge is 0.343 e. The number of rotatable bonds is 8. The summed E-state index contributed by atoms with van der Waals surface area (Å²) in [5, 5.41) is 2.22. The van der Waals surface area contributed by atoms with E-state index in [1.165, 1.54) is 55.6 Å². The van der Waals surface area contributed by atoms with E-state index in [1.807, 2.05) is 6.92 Å². The average Bonchev–Trinajstić information content (AvgIpc) is 3.24. The van der Waals surface area contributed by atoms with Gasteiger partial charge in [-0.2, -0.15) is 5.01 Å². The predicted octanol–water partition coefficient (Wildman–Crippen LogP) is 5.23. The van der Waals surface area contributed by atoms with Gasteiger partial charge in [0.1, 0.15) is 18.0 Å². The van der Waals surface area contributed by atoms with Gasteiger partial charge in [-0.1, -0.05) is 24.6 Å². The Morgan fingerprint density at radius 2 is 1.52 bits per heavy atom. The molecule has 0 N–H and O–H groups in total. The molecule has 0 unspecified atom stereocenters. The van der Waals surface area contributed by atoms with E-state index >= 15 is 0 Å². The topological polar surface area (TPSA) is 110 Å². The molecule has 0 radical (unpaired) electrons. The number of hydrogen-bond donors (Lipinski definition) is 0. The van der Waals surface area contributed by atoms with Gasteiger partial charge in [0.15, 0.2) is 5.78 Å². The summed E-state index contributed by atoms with van der Waals surface area (Å²) in [4.78, 5) is 66.5. The summed E-state index contributed by atoms with van der Waals surface area (Å²) in [6.07, 6.45) is 1.92. The third-order valence-electron chi connectivity index (χ3n) is 7.72. The standard InChI is InChI=1S/C32H29ClN2O7/c1-19-6-15-26-27(16-19)31(39)35(30(26)38)34(29(37)21-7-11-23(33)12-8-21)18-28(36)20-9-13-24(14-10-20)42-32(40)22-4-3-5-25(17-22)41-2/h3-5,7-14,17,19,26-27H,6,15-16,18H2,1-2H3/t19-,26+,27-/m0/s1. The van der Waals surface area contributed by atoms with Crippen LogP contribution in [0.2, 0.25) is 5.02 Å². The molecule has 3 atom stereocenters. The third kappa shape index (κ3) is 5.92. The van der Waals surface area contributed by atoms with Crippen LogP contribution in [0.5, 0.6) is 11.5 Å². The average molecular weight is 589 g/mol. The lowest BCUT2D eigenvalue weighted by Crippen LogP contribution is -2.52. The van der Waals surface area contributed by atoms with E-state index in [1.54, 1.807) is 24.3 Å². The zero-order chi connectivity index (χ0) is 30.0. The van der Waals surface area contributed by atoms with Crippen molar-refractivity contribution in [2.24, 2.45) is 17.8 Å². The second kappa shape index (κ2) is 12.2. The number of carbonyl (C=O) groups excluding carboxylic acids is 5. The van der Waals surface area contributed by atoms with Crippen LogP contribution in [0.25, 0.3) is 0 Å². The maximum atomic E-state index is 13.6. The number of esters is 1. The maximum Gasteiger partial charge on any atom is 0.343 e. The minimum atomic E-state index is -0.669. The summed E-state index contributed by atoms with van der Waals surface area (Å²) >= 11 is 5.99. The molecule has 0 spiro atoms. The predicted molar refractivity (Wildman–Crippen MR) is 153 cm³/mol. The number of hydrazine groups is 1. The Labute approximate surface area is 247 Å². The van der Waals surface area contributed by atoms with E-state index in [-0.39, 0.29) is 22.8 Å². The Kier molecular flexibility index (Phi) is 8.40. The van der Waals surface area contributed by atoms with E-state index in [4.69, 9.17) is 21.1 Å². The van der Waals surface area contributed by atoms with Gasteiger partial charge in [0.2, 0.25) is 0 Å². The Morgan fingerprint density at radius 1 is 0.857 bits per heavy atom. The molecule has 0 bridgehead atoms. The van der Waals surface area contributed by atoms with Crippen LogP contribution in [0.4, 0.5) is 0 Å². The van der Waals surface area contributed by atoms with Gasteiger partial charge in [-0.3, -0.25) is 19.2 Å². The normalized spacial score (nSPS) is 19.7. The molecule has 42 heavy (non-hydrogen) atoms. The number of ether oxygens (including phenoxy) is 2. The first-order chi connectivity index (χ1) is 20.2. The lowest BCUT2D eigenvalue weighted by atomic mass is 9.76.